The van der Waals surface area contributed by atoms with Crippen molar-refractivity contribution in [3.63, 3.8) is 0 Å². The van der Waals surface area contributed by atoms with Crippen molar-refractivity contribution in [3.8, 4) is 17.1 Å². The minimum Gasteiger partial charge on any atom is -0.506 e. The van der Waals surface area contributed by atoms with Crippen LogP contribution in [0.15, 0.2) is 52.9 Å². The zero-order chi connectivity index (χ0) is 22.5. The molecule has 11 heteroatoms. The van der Waals surface area contributed by atoms with E-state index in [1.807, 2.05) is 0 Å². The van der Waals surface area contributed by atoms with Crippen LogP contribution in [0.3, 0.4) is 0 Å². The summed E-state index contributed by atoms with van der Waals surface area (Å²) in [7, 11) is 0. The molecule has 2 aromatic carbocycles. The fourth-order valence-corrected chi connectivity index (χ4v) is 2.74. The number of nitrogens with zero attached hydrogens (tertiary/aromatic N) is 1. The van der Waals surface area contributed by atoms with Gasteiger partial charge in [-0.1, -0.05) is 11.6 Å². The van der Waals surface area contributed by atoms with Crippen LogP contribution in [0.25, 0.3) is 11.3 Å². The van der Waals surface area contributed by atoms with Crippen LogP contribution < -0.4 is 5.32 Å². The monoisotopic (exact) mass is 444 g/mol. The maximum atomic E-state index is 12.4. The van der Waals surface area contributed by atoms with Gasteiger partial charge in [0.05, 0.1) is 27.3 Å². The number of nitrogens with one attached hydrogen (secondary N) is 1. The molecule has 0 unspecified atom stereocenters. The number of carbonyl (C=O) groups excluding carboxylic acids is 3. The lowest BCUT2D eigenvalue weighted by molar-refractivity contribution is -0.384. The molecule has 0 spiro atoms. The minimum atomic E-state index is -0.892. The number of benzene rings is 2. The SMILES string of the molecule is O=Cc1ccc(-c2ccc(Cl)c(C(=O)OCC(=O)Nc3ccc([N+](=O)[O-])cc3O)c2)o1. The van der Waals surface area contributed by atoms with Gasteiger partial charge in [-0.05, 0) is 36.4 Å². The number of non-ortho nitro benzene ring substituents is 1. The Balaban J connectivity index is 1.66. The Bertz CT molecular complexity index is 1190. The molecule has 0 fully saturated rings. The number of esters is 1. The van der Waals surface area contributed by atoms with E-state index >= 15 is 0 Å². The van der Waals surface area contributed by atoms with Gasteiger partial charge in [0.25, 0.3) is 11.6 Å². The Labute approximate surface area is 179 Å². The summed E-state index contributed by atoms with van der Waals surface area (Å²) in [5.41, 5.74) is -0.0114. The van der Waals surface area contributed by atoms with Gasteiger partial charge in [-0.15, -0.1) is 0 Å². The van der Waals surface area contributed by atoms with Crippen molar-refractivity contribution < 1.29 is 33.6 Å². The molecule has 158 valence electrons. The smallest absolute Gasteiger partial charge is 0.340 e. The number of anilines is 1. The maximum absolute atomic E-state index is 12.4. The third kappa shape index (κ3) is 5.06. The number of hydrogen-bond donors (Lipinski definition) is 2. The van der Waals surface area contributed by atoms with E-state index < -0.39 is 29.2 Å². The number of nitro benzene ring substituents is 1. The number of hydrogen-bond acceptors (Lipinski definition) is 8. The molecule has 0 aliphatic heterocycles. The van der Waals surface area contributed by atoms with Gasteiger partial charge in [-0.25, -0.2) is 4.79 Å². The van der Waals surface area contributed by atoms with Crippen LogP contribution in [0, 0.1) is 10.1 Å². The lowest BCUT2D eigenvalue weighted by Gasteiger charge is -2.09. The second-order valence-corrected chi connectivity index (χ2v) is 6.50. The van der Waals surface area contributed by atoms with E-state index in [2.05, 4.69) is 5.32 Å². The number of ether oxygens (including phenoxy) is 1. The zero-order valence-corrected chi connectivity index (χ0v) is 16.3. The van der Waals surface area contributed by atoms with Crippen molar-refractivity contribution in [3.05, 3.63) is 75.0 Å². The van der Waals surface area contributed by atoms with Crippen molar-refractivity contribution in [1.29, 1.82) is 0 Å². The highest BCUT2D eigenvalue weighted by Crippen LogP contribution is 2.29. The van der Waals surface area contributed by atoms with Crippen molar-refractivity contribution in [2.45, 2.75) is 0 Å². The first-order valence-electron chi connectivity index (χ1n) is 8.58. The summed E-state index contributed by atoms with van der Waals surface area (Å²) >= 11 is 6.04. The van der Waals surface area contributed by atoms with Gasteiger partial charge in [-0.3, -0.25) is 19.7 Å². The summed E-state index contributed by atoms with van der Waals surface area (Å²) in [4.78, 5) is 45.1. The molecule has 10 nitrogen and oxygen atoms in total. The number of phenolic OH excluding ortho intramolecular Hbond substituents is 1. The van der Waals surface area contributed by atoms with Gasteiger partial charge in [0.2, 0.25) is 0 Å². The van der Waals surface area contributed by atoms with Crippen LogP contribution >= 0.6 is 11.6 Å². The lowest BCUT2D eigenvalue weighted by atomic mass is 10.1. The molecular formula is C20H13ClN2O8. The predicted molar refractivity (Wildman–Crippen MR) is 108 cm³/mol. The second-order valence-electron chi connectivity index (χ2n) is 6.10. The number of rotatable bonds is 7. The van der Waals surface area contributed by atoms with E-state index in [1.165, 1.54) is 18.2 Å². The molecule has 0 radical (unpaired) electrons. The molecule has 1 aromatic heterocycles. The van der Waals surface area contributed by atoms with Gasteiger partial charge in [0, 0.05) is 11.6 Å². The Morgan fingerprint density at radius 2 is 1.97 bits per heavy atom. The fraction of sp³-hybridized carbons (Fsp3) is 0.0500. The summed E-state index contributed by atoms with van der Waals surface area (Å²) < 4.78 is 10.2. The van der Waals surface area contributed by atoms with Crippen molar-refractivity contribution in [2.75, 3.05) is 11.9 Å². The number of aldehydes is 1. The van der Waals surface area contributed by atoms with Crippen molar-refractivity contribution in [2.24, 2.45) is 0 Å². The molecule has 0 saturated heterocycles. The third-order valence-electron chi connectivity index (χ3n) is 4.01. The van der Waals surface area contributed by atoms with Crippen LogP contribution in [-0.2, 0) is 9.53 Å². The molecule has 0 atom stereocenters. The first-order valence-corrected chi connectivity index (χ1v) is 8.95. The summed E-state index contributed by atoms with van der Waals surface area (Å²) in [6.07, 6.45) is 0.538. The number of carbonyl (C=O) groups is 3. The Morgan fingerprint density at radius 3 is 2.61 bits per heavy atom. The average Bonchev–Trinajstić information content (AvgIpc) is 3.23. The topological polar surface area (TPSA) is 149 Å². The van der Waals surface area contributed by atoms with Gasteiger partial charge in [-0.2, -0.15) is 0 Å². The molecule has 0 aliphatic rings. The summed E-state index contributed by atoms with van der Waals surface area (Å²) in [5.74, 6) is -1.75. The minimum absolute atomic E-state index is 0.0331. The van der Waals surface area contributed by atoms with E-state index in [0.717, 1.165) is 18.2 Å². The van der Waals surface area contributed by atoms with Gasteiger partial charge in [0.1, 0.15) is 11.5 Å². The van der Waals surface area contributed by atoms with Crippen LogP contribution in [-0.4, -0.2) is 34.8 Å². The molecule has 31 heavy (non-hydrogen) atoms. The summed E-state index contributed by atoms with van der Waals surface area (Å²) in [6.45, 7) is -0.703. The number of phenols is 1. The van der Waals surface area contributed by atoms with Gasteiger partial charge >= 0.3 is 5.97 Å². The van der Waals surface area contributed by atoms with Crippen molar-refractivity contribution >= 4 is 41.1 Å². The Hall–Kier alpha value is -4.18. The lowest BCUT2D eigenvalue weighted by Crippen LogP contribution is -2.21. The molecule has 3 rings (SSSR count). The molecule has 0 aliphatic carbocycles. The molecule has 3 aromatic rings. The van der Waals surface area contributed by atoms with Crippen LogP contribution in [0.5, 0.6) is 5.75 Å². The summed E-state index contributed by atoms with van der Waals surface area (Å²) in [5, 5.41) is 22.8. The highest BCUT2D eigenvalue weighted by atomic mass is 35.5. The van der Waals surface area contributed by atoms with Crippen LogP contribution in [0.4, 0.5) is 11.4 Å². The predicted octanol–water partition coefficient (Wildman–Crippen LogP) is 3.82. The number of furan rings is 1. The number of halogens is 1. The normalized spacial score (nSPS) is 10.4. The standard InChI is InChI=1S/C20H13ClN2O8/c21-15-4-1-11(18-6-3-13(9-24)31-18)7-14(15)20(27)30-10-19(26)22-16-5-2-12(23(28)29)8-17(16)25/h1-9,25H,10H2,(H,22,26). The molecule has 0 saturated carbocycles. The Kier molecular flexibility index (Phi) is 6.32. The largest absolute Gasteiger partial charge is 0.506 e. The number of amides is 1. The van der Waals surface area contributed by atoms with Crippen molar-refractivity contribution in [1.82, 2.24) is 0 Å². The second kappa shape index (κ2) is 9.09. The molecular weight excluding hydrogens is 432 g/mol. The molecule has 2 N–H and O–H groups in total. The third-order valence-corrected chi connectivity index (χ3v) is 4.34. The molecule has 1 amide bonds. The Morgan fingerprint density at radius 1 is 1.19 bits per heavy atom. The highest BCUT2D eigenvalue weighted by molar-refractivity contribution is 6.33. The maximum Gasteiger partial charge on any atom is 0.340 e. The molecule has 0 bridgehead atoms. The summed E-state index contributed by atoms with van der Waals surface area (Å²) in [6, 6.07) is 10.5. The zero-order valence-electron chi connectivity index (χ0n) is 15.5. The van der Waals surface area contributed by atoms with Crippen LogP contribution in [0.1, 0.15) is 20.9 Å². The fourth-order valence-electron chi connectivity index (χ4n) is 2.54. The van der Waals surface area contributed by atoms with E-state index in [1.54, 1.807) is 12.1 Å². The average molecular weight is 445 g/mol. The molecule has 1 heterocycles. The van der Waals surface area contributed by atoms with Gasteiger partial charge < -0.3 is 19.6 Å². The number of aromatic hydroxyl groups is 1. The first kappa shape index (κ1) is 21.5. The van der Waals surface area contributed by atoms with E-state index in [0.29, 0.717) is 17.6 Å². The number of nitro groups is 1. The highest BCUT2D eigenvalue weighted by Gasteiger charge is 2.17. The van der Waals surface area contributed by atoms with E-state index in [9.17, 15) is 29.6 Å². The first-order chi connectivity index (χ1) is 14.8. The van der Waals surface area contributed by atoms with E-state index in [4.69, 9.17) is 20.8 Å². The van der Waals surface area contributed by atoms with E-state index in [-0.39, 0.29) is 27.7 Å². The van der Waals surface area contributed by atoms with Crippen LogP contribution in [0.2, 0.25) is 5.02 Å². The quantitative estimate of drug-likeness (QED) is 0.183. The van der Waals surface area contributed by atoms with Gasteiger partial charge in [0.15, 0.2) is 18.7 Å².